The first-order valence-corrected chi connectivity index (χ1v) is 7.06. The average Bonchev–Trinajstić information content (AvgIpc) is 2.39. The average molecular weight is 240 g/mol. The minimum Gasteiger partial charge on any atom is -0.293 e. The van der Waals surface area contributed by atoms with Crippen molar-refractivity contribution in [3.8, 4) is 6.07 Å². The number of hydrogen-bond donors (Lipinski definition) is 0. The Bertz CT molecular complexity index is 420. The van der Waals surface area contributed by atoms with Crippen LogP contribution in [-0.4, -0.2) is 17.0 Å². The van der Waals surface area contributed by atoms with Gasteiger partial charge in [0.2, 0.25) is 0 Å². The summed E-state index contributed by atoms with van der Waals surface area (Å²) in [6, 6.07) is 14.5. The number of rotatable bonds is 2. The zero-order valence-electron chi connectivity index (χ0n) is 10.8. The summed E-state index contributed by atoms with van der Waals surface area (Å²) in [5, 5.41) is 9.15. The van der Waals surface area contributed by atoms with E-state index in [4.69, 9.17) is 5.26 Å². The Morgan fingerprint density at radius 2 is 1.78 bits per heavy atom. The Morgan fingerprint density at radius 1 is 1.11 bits per heavy atom. The van der Waals surface area contributed by atoms with Gasteiger partial charge in [0, 0.05) is 24.5 Å². The normalized spacial score (nSPS) is 31.8. The summed E-state index contributed by atoms with van der Waals surface area (Å²) in [7, 11) is 0. The predicted molar refractivity (Wildman–Crippen MR) is 71.7 cm³/mol. The van der Waals surface area contributed by atoms with Crippen LogP contribution in [-0.2, 0) is 6.54 Å². The monoisotopic (exact) mass is 240 g/mol. The molecule has 2 fully saturated rings. The van der Waals surface area contributed by atoms with E-state index >= 15 is 0 Å². The van der Waals surface area contributed by atoms with Crippen molar-refractivity contribution in [3.05, 3.63) is 35.9 Å². The van der Waals surface area contributed by atoms with E-state index in [0.717, 1.165) is 19.4 Å². The highest BCUT2D eigenvalue weighted by molar-refractivity contribution is 5.15. The van der Waals surface area contributed by atoms with E-state index in [1.54, 1.807) is 0 Å². The van der Waals surface area contributed by atoms with E-state index in [1.165, 1.54) is 24.8 Å². The number of fused-ring (bicyclic) bond motifs is 2. The lowest BCUT2D eigenvalue weighted by Gasteiger charge is -2.47. The summed E-state index contributed by atoms with van der Waals surface area (Å²) in [6.07, 6.45) is 6.07. The van der Waals surface area contributed by atoms with Gasteiger partial charge in [-0.15, -0.1) is 0 Å². The number of piperidine rings is 2. The SMILES string of the molecule is N#CC1CC2CCCC(C1)N2Cc1ccccc1. The van der Waals surface area contributed by atoms with Crippen LogP contribution in [0.1, 0.15) is 37.7 Å². The molecule has 0 aliphatic carbocycles. The highest BCUT2D eigenvalue weighted by Crippen LogP contribution is 2.37. The highest BCUT2D eigenvalue weighted by Gasteiger charge is 2.37. The molecule has 0 radical (unpaired) electrons. The molecule has 18 heavy (non-hydrogen) atoms. The molecule has 0 saturated carbocycles. The first kappa shape index (κ1) is 11.7. The summed E-state index contributed by atoms with van der Waals surface area (Å²) >= 11 is 0. The van der Waals surface area contributed by atoms with Crippen LogP contribution in [0.4, 0.5) is 0 Å². The molecule has 2 bridgehead atoms. The van der Waals surface area contributed by atoms with Crippen LogP contribution in [0, 0.1) is 17.2 Å². The molecule has 2 aliphatic heterocycles. The van der Waals surface area contributed by atoms with Gasteiger partial charge in [0.15, 0.2) is 0 Å². The van der Waals surface area contributed by atoms with Gasteiger partial charge in [-0.3, -0.25) is 4.90 Å². The highest BCUT2D eigenvalue weighted by atomic mass is 15.2. The third kappa shape index (κ3) is 2.28. The third-order valence-corrected chi connectivity index (χ3v) is 4.52. The maximum absolute atomic E-state index is 9.15. The fourth-order valence-corrected chi connectivity index (χ4v) is 3.64. The van der Waals surface area contributed by atoms with Gasteiger partial charge in [0.1, 0.15) is 0 Å². The van der Waals surface area contributed by atoms with Gasteiger partial charge < -0.3 is 0 Å². The first-order chi connectivity index (χ1) is 8.86. The molecule has 0 amide bonds. The Labute approximate surface area is 109 Å². The first-order valence-electron chi connectivity index (χ1n) is 7.06. The van der Waals surface area contributed by atoms with E-state index < -0.39 is 0 Å². The molecule has 0 spiro atoms. The number of hydrogen-bond acceptors (Lipinski definition) is 2. The molecule has 2 nitrogen and oxygen atoms in total. The van der Waals surface area contributed by atoms with Crippen molar-refractivity contribution >= 4 is 0 Å². The van der Waals surface area contributed by atoms with Gasteiger partial charge in [-0.2, -0.15) is 5.26 Å². The second-order valence-electron chi connectivity index (χ2n) is 5.69. The van der Waals surface area contributed by atoms with Crippen molar-refractivity contribution in [2.75, 3.05) is 0 Å². The minimum atomic E-state index is 0.298. The maximum Gasteiger partial charge on any atom is 0.0657 e. The molecule has 0 aromatic heterocycles. The van der Waals surface area contributed by atoms with Crippen molar-refractivity contribution in [2.45, 2.75) is 50.7 Å². The van der Waals surface area contributed by atoms with Crippen LogP contribution in [0.15, 0.2) is 30.3 Å². The molecule has 2 unspecified atom stereocenters. The van der Waals surface area contributed by atoms with E-state index in [1.807, 2.05) is 0 Å². The zero-order chi connectivity index (χ0) is 12.4. The minimum absolute atomic E-state index is 0.298. The molecule has 2 saturated heterocycles. The van der Waals surface area contributed by atoms with Crippen LogP contribution in [0.3, 0.4) is 0 Å². The standard InChI is InChI=1S/C16H20N2/c17-11-14-9-15-7-4-8-16(10-14)18(15)12-13-5-2-1-3-6-13/h1-3,5-6,14-16H,4,7-10,12H2. The maximum atomic E-state index is 9.15. The van der Waals surface area contributed by atoms with Crippen LogP contribution >= 0.6 is 0 Å². The molecule has 1 aromatic carbocycles. The van der Waals surface area contributed by atoms with Gasteiger partial charge in [-0.25, -0.2) is 0 Å². The van der Waals surface area contributed by atoms with Gasteiger partial charge in [-0.05, 0) is 31.2 Å². The van der Waals surface area contributed by atoms with E-state index in [9.17, 15) is 0 Å². The van der Waals surface area contributed by atoms with Crippen molar-refractivity contribution in [1.82, 2.24) is 4.90 Å². The lowest BCUT2D eigenvalue weighted by atomic mass is 9.79. The van der Waals surface area contributed by atoms with Crippen LogP contribution < -0.4 is 0 Å². The fraction of sp³-hybridized carbons (Fsp3) is 0.562. The zero-order valence-corrected chi connectivity index (χ0v) is 10.8. The molecule has 3 rings (SSSR count). The molecular weight excluding hydrogens is 220 g/mol. The second kappa shape index (κ2) is 5.12. The molecule has 2 atom stereocenters. The van der Waals surface area contributed by atoms with E-state index in [2.05, 4.69) is 41.3 Å². The Kier molecular flexibility index (Phi) is 3.34. The molecule has 2 heterocycles. The van der Waals surface area contributed by atoms with Crippen LogP contribution in [0.25, 0.3) is 0 Å². The Morgan fingerprint density at radius 3 is 2.39 bits per heavy atom. The summed E-state index contributed by atoms with van der Waals surface area (Å²) in [4.78, 5) is 2.66. The second-order valence-corrected chi connectivity index (χ2v) is 5.69. The summed E-state index contributed by atoms with van der Waals surface area (Å²) in [5.41, 5.74) is 1.41. The van der Waals surface area contributed by atoms with Crippen molar-refractivity contribution < 1.29 is 0 Å². The smallest absolute Gasteiger partial charge is 0.0657 e. The lowest BCUT2D eigenvalue weighted by molar-refractivity contribution is 0.0184. The van der Waals surface area contributed by atoms with Crippen LogP contribution in [0.2, 0.25) is 0 Å². The fourth-order valence-electron chi connectivity index (χ4n) is 3.64. The van der Waals surface area contributed by atoms with Gasteiger partial charge in [0.05, 0.1) is 6.07 Å². The van der Waals surface area contributed by atoms with Crippen molar-refractivity contribution in [1.29, 1.82) is 5.26 Å². The Balaban J connectivity index is 1.74. The lowest BCUT2D eigenvalue weighted by Crippen LogP contribution is -2.51. The van der Waals surface area contributed by atoms with Crippen molar-refractivity contribution in [3.63, 3.8) is 0 Å². The Hall–Kier alpha value is -1.33. The van der Waals surface area contributed by atoms with Gasteiger partial charge >= 0.3 is 0 Å². The third-order valence-electron chi connectivity index (χ3n) is 4.52. The molecule has 0 N–H and O–H groups in total. The molecule has 94 valence electrons. The number of nitriles is 1. The van der Waals surface area contributed by atoms with E-state index in [-0.39, 0.29) is 0 Å². The number of benzene rings is 1. The molecule has 2 heteroatoms. The molecule has 1 aromatic rings. The quantitative estimate of drug-likeness (QED) is 0.792. The summed E-state index contributed by atoms with van der Waals surface area (Å²) in [6.45, 7) is 1.06. The summed E-state index contributed by atoms with van der Waals surface area (Å²) < 4.78 is 0. The van der Waals surface area contributed by atoms with Gasteiger partial charge in [0.25, 0.3) is 0 Å². The van der Waals surface area contributed by atoms with Gasteiger partial charge in [-0.1, -0.05) is 36.8 Å². The predicted octanol–water partition coefficient (Wildman–Crippen LogP) is 3.34. The topological polar surface area (TPSA) is 27.0 Å². The van der Waals surface area contributed by atoms with Crippen molar-refractivity contribution in [2.24, 2.45) is 5.92 Å². The number of nitrogens with zero attached hydrogens (tertiary/aromatic N) is 2. The summed E-state index contributed by atoms with van der Waals surface area (Å²) in [5.74, 6) is 0.298. The molecule has 2 aliphatic rings. The van der Waals surface area contributed by atoms with Crippen LogP contribution in [0.5, 0.6) is 0 Å². The molecular formula is C16H20N2. The largest absolute Gasteiger partial charge is 0.293 e. The van der Waals surface area contributed by atoms with E-state index in [0.29, 0.717) is 18.0 Å².